The molecular formula is C11H10I2O5. The van der Waals surface area contributed by atoms with Crippen molar-refractivity contribution in [3.05, 3.63) is 13.2 Å². The van der Waals surface area contributed by atoms with Gasteiger partial charge < -0.3 is 19.3 Å². The first kappa shape index (κ1) is 14.0. The van der Waals surface area contributed by atoms with E-state index in [4.69, 9.17) is 19.3 Å². The van der Waals surface area contributed by atoms with Gasteiger partial charge in [0.2, 0.25) is 11.5 Å². The number of hydrogen-bond acceptors (Lipinski definition) is 4. The third kappa shape index (κ3) is 2.76. The first-order valence-corrected chi connectivity index (χ1v) is 7.20. The molecule has 1 aliphatic rings. The number of halogens is 2. The molecule has 5 nitrogen and oxygen atoms in total. The van der Waals surface area contributed by atoms with Gasteiger partial charge in [-0.1, -0.05) is 0 Å². The molecule has 1 aliphatic heterocycles. The molecule has 0 spiro atoms. The average Bonchev–Trinajstić information content (AvgIpc) is 2.53. The predicted octanol–water partition coefficient (Wildman–Crippen LogP) is 2.87. The van der Waals surface area contributed by atoms with E-state index in [0.717, 1.165) is 7.14 Å². The van der Waals surface area contributed by atoms with Crippen molar-refractivity contribution in [3.63, 3.8) is 0 Å². The summed E-state index contributed by atoms with van der Waals surface area (Å²) in [6.45, 7) is 3.17. The van der Waals surface area contributed by atoms with E-state index in [1.54, 1.807) is 13.8 Å². The Morgan fingerprint density at radius 2 is 1.94 bits per heavy atom. The van der Waals surface area contributed by atoms with Crippen molar-refractivity contribution in [1.29, 1.82) is 0 Å². The minimum Gasteiger partial charge on any atom is -0.479 e. The van der Waals surface area contributed by atoms with Gasteiger partial charge in [-0.2, -0.15) is 0 Å². The third-order valence-electron chi connectivity index (χ3n) is 2.14. The Hall–Kier alpha value is -0.450. The van der Waals surface area contributed by atoms with Crippen LogP contribution in [0.25, 0.3) is 0 Å². The van der Waals surface area contributed by atoms with Crippen LogP contribution >= 0.6 is 45.2 Å². The van der Waals surface area contributed by atoms with Crippen molar-refractivity contribution >= 4 is 51.2 Å². The molecule has 18 heavy (non-hydrogen) atoms. The molecule has 0 radical (unpaired) electrons. The smallest absolute Gasteiger partial charge is 0.341 e. The number of aliphatic carboxylic acids is 1. The lowest BCUT2D eigenvalue weighted by Gasteiger charge is -2.16. The van der Waals surface area contributed by atoms with Crippen molar-refractivity contribution in [2.45, 2.75) is 19.6 Å². The monoisotopic (exact) mass is 476 g/mol. The van der Waals surface area contributed by atoms with Crippen LogP contribution in [-0.4, -0.2) is 23.5 Å². The highest BCUT2D eigenvalue weighted by Gasteiger charge is 2.37. The number of rotatable bonds is 3. The van der Waals surface area contributed by atoms with Gasteiger partial charge in [0.15, 0.2) is 18.1 Å². The lowest BCUT2D eigenvalue weighted by Crippen LogP contribution is -2.30. The maximum Gasteiger partial charge on any atom is 0.341 e. The van der Waals surface area contributed by atoms with E-state index in [2.05, 4.69) is 45.2 Å². The zero-order valence-corrected chi connectivity index (χ0v) is 13.9. The number of benzene rings is 1. The number of fused-ring (bicyclic) bond motifs is 1. The Balaban J connectivity index is 2.42. The Kier molecular flexibility index (Phi) is 3.81. The molecule has 0 saturated heterocycles. The lowest BCUT2D eigenvalue weighted by molar-refractivity contribution is -0.139. The van der Waals surface area contributed by atoms with Crippen molar-refractivity contribution in [2.24, 2.45) is 0 Å². The number of carboxylic acid groups (broad SMARTS) is 1. The summed E-state index contributed by atoms with van der Waals surface area (Å²) in [7, 11) is 0. The van der Waals surface area contributed by atoms with E-state index in [1.165, 1.54) is 0 Å². The zero-order valence-electron chi connectivity index (χ0n) is 9.62. The van der Waals surface area contributed by atoms with Gasteiger partial charge in [-0.15, -0.1) is 0 Å². The predicted molar refractivity (Wildman–Crippen MR) is 80.3 cm³/mol. The molecule has 0 amide bonds. The molecule has 0 aromatic heterocycles. The second-order valence-electron chi connectivity index (χ2n) is 4.11. The van der Waals surface area contributed by atoms with Gasteiger partial charge in [-0.25, -0.2) is 4.79 Å². The topological polar surface area (TPSA) is 65.0 Å². The molecule has 2 rings (SSSR count). The number of carboxylic acids is 1. The summed E-state index contributed by atoms with van der Waals surface area (Å²) in [4.78, 5) is 10.6. The van der Waals surface area contributed by atoms with E-state index in [9.17, 15) is 4.79 Å². The standard InChI is InChI=1S/C11H10I2O5/c1-11(2)17-9-6(13)3-5(12)8(10(9)18-11)16-4-7(14)15/h3H,4H2,1-2H3,(H,14,15). The molecule has 0 fully saturated rings. The van der Waals surface area contributed by atoms with E-state index >= 15 is 0 Å². The molecule has 0 aliphatic carbocycles. The minimum absolute atomic E-state index is 0.410. The fraction of sp³-hybridized carbons (Fsp3) is 0.364. The van der Waals surface area contributed by atoms with Crippen LogP contribution in [0.15, 0.2) is 6.07 Å². The van der Waals surface area contributed by atoms with Crippen molar-refractivity contribution < 1.29 is 24.1 Å². The highest BCUT2D eigenvalue weighted by atomic mass is 127. The molecule has 0 saturated carbocycles. The normalized spacial score (nSPS) is 15.6. The molecule has 0 atom stereocenters. The largest absolute Gasteiger partial charge is 0.479 e. The van der Waals surface area contributed by atoms with Gasteiger partial charge in [0, 0.05) is 13.8 Å². The Labute approximate surface area is 131 Å². The van der Waals surface area contributed by atoms with Crippen molar-refractivity contribution in [1.82, 2.24) is 0 Å². The van der Waals surface area contributed by atoms with Gasteiger partial charge in [0.05, 0.1) is 7.14 Å². The quantitative estimate of drug-likeness (QED) is 0.681. The first-order chi connectivity index (χ1) is 8.30. The van der Waals surface area contributed by atoms with Crippen LogP contribution in [0.2, 0.25) is 0 Å². The van der Waals surface area contributed by atoms with E-state index in [1.807, 2.05) is 6.07 Å². The van der Waals surface area contributed by atoms with Crippen LogP contribution in [0.4, 0.5) is 0 Å². The molecule has 1 aromatic rings. The van der Waals surface area contributed by atoms with Crippen LogP contribution in [0.5, 0.6) is 17.2 Å². The first-order valence-electron chi connectivity index (χ1n) is 5.05. The number of ether oxygens (including phenoxy) is 3. The molecule has 1 heterocycles. The maximum absolute atomic E-state index is 10.6. The number of hydrogen-bond donors (Lipinski definition) is 1. The Bertz CT molecular complexity index is 513. The molecule has 1 N–H and O–H groups in total. The lowest BCUT2D eigenvalue weighted by atomic mass is 10.3. The van der Waals surface area contributed by atoms with Gasteiger partial charge in [0.1, 0.15) is 0 Å². The van der Waals surface area contributed by atoms with Crippen molar-refractivity contribution in [3.8, 4) is 17.2 Å². The van der Waals surface area contributed by atoms with E-state index in [0.29, 0.717) is 17.2 Å². The van der Waals surface area contributed by atoms with Gasteiger partial charge in [-0.3, -0.25) is 0 Å². The SMILES string of the molecule is CC1(C)Oc2c(I)cc(I)c(OCC(=O)O)c2O1. The summed E-state index contributed by atoms with van der Waals surface area (Å²) in [5.41, 5.74) is 0. The van der Waals surface area contributed by atoms with Crippen LogP contribution in [0.1, 0.15) is 13.8 Å². The molecule has 0 unspecified atom stereocenters. The number of carbonyl (C=O) groups is 1. The van der Waals surface area contributed by atoms with Gasteiger partial charge >= 0.3 is 5.97 Å². The Morgan fingerprint density at radius 1 is 1.33 bits per heavy atom. The van der Waals surface area contributed by atoms with Crippen LogP contribution < -0.4 is 14.2 Å². The minimum atomic E-state index is -1.03. The highest BCUT2D eigenvalue weighted by molar-refractivity contribution is 14.1. The second kappa shape index (κ2) is 4.91. The van der Waals surface area contributed by atoms with Crippen LogP contribution in [-0.2, 0) is 4.79 Å². The summed E-state index contributed by atoms with van der Waals surface area (Å²) < 4.78 is 18.3. The van der Waals surface area contributed by atoms with Gasteiger partial charge in [-0.05, 0) is 51.2 Å². The molecule has 1 aromatic carbocycles. The summed E-state index contributed by atoms with van der Waals surface area (Å²) in [6.07, 6.45) is 0. The summed E-state index contributed by atoms with van der Waals surface area (Å²) in [5, 5.41) is 8.67. The highest BCUT2D eigenvalue weighted by Crippen LogP contribution is 2.50. The molecule has 98 valence electrons. The summed E-state index contributed by atoms with van der Waals surface area (Å²) in [6, 6.07) is 1.86. The third-order valence-corrected chi connectivity index (χ3v) is 3.74. The molecule has 0 bridgehead atoms. The average molecular weight is 476 g/mol. The zero-order chi connectivity index (χ0) is 13.5. The summed E-state index contributed by atoms with van der Waals surface area (Å²) in [5.74, 6) is -0.317. The van der Waals surface area contributed by atoms with Gasteiger partial charge in [0.25, 0.3) is 0 Å². The fourth-order valence-corrected chi connectivity index (χ4v) is 3.51. The second-order valence-corrected chi connectivity index (χ2v) is 6.44. The molecular weight excluding hydrogens is 466 g/mol. The van der Waals surface area contributed by atoms with E-state index < -0.39 is 18.4 Å². The Morgan fingerprint density at radius 3 is 2.56 bits per heavy atom. The van der Waals surface area contributed by atoms with Crippen molar-refractivity contribution in [2.75, 3.05) is 6.61 Å². The van der Waals surface area contributed by atoms with Crippen LogP contribution in [0.3, 0.4) is 0 Å². The molecule has 7 heteroatoms. The van der Waals surface area contributed by atoms with Crippen LogP contribution in [0, 0.1) is 7.14 Å². The summed E-state index contributed by atoms with van der Waals surface area (Å²) >= 11 is 4.22. The van der Waals surface area contributed by atoms with E-state index in [-0.39, 0.29) is 0 Å². The maximum atomic E-state index is 10.6. The fourth-order valence-electron chi connectivity index (χ4n) is 1.53.